The van der Waals surface area contributed by atoms with E-state index in [0.29, 0.717) is 18.7 Å². The Morgan fingerprint density at radius 1 is 1.15 bits per heavy atom. The molecule has 0 spiro atoms. The van der Waals surface area contributed by atoms with E-state index in [0.717, 1.165) is 11.3 Å². The first-order valence-electron chi connectivity index (χ1n) is 6.50. The Balaban J connectivity index is 1.89. The molecule has 0 saturated carbocycles. The van der Waals surface area contributed by atoms with Crippen LogP contribution in [0.5, 0.6) is 11.5 Å². The number of hydrogen-bond acceptors (Lipinski definition) is 4. The van der Waals surface area contributed by atoms with E-state index in [1.54, 1.807) is 31.4 Å². The lowest BCUT2D eigenvalue weighted by molar-refractivity contribution is 0.174. The van der Waals surface area contributed by atoms with Crippen LogP contribution in [0.1, 0.15) is 17.2 Å². The fraction of sp³-hybridized carbons (Fsp3) is 0.250. The van der Waals surface area contributed by atoms with E-state index in [1.807, 2.05) is 24.3 Å². The highest BCUT2D eigenvalue weighted by Crippen LogP contribution is 2.19. The SMILES string of the molecule is COc1ccccc1CNC[C@H](O)c1cccc(O)c1. The van der Waals surface area contributed by atoms with Gasteiger partial charge in [-0.3, -0.25) is 0 Å². The summed E-state index contributed by atoms with van der Waals surface area (Å²) in [5, 5.41) is 22.6. The van der Waals surface area contributed by atoms with Gasteiger partial charge in [-0.15, -0.1) is 0 Å². The molecule has 2 rings (SSSR count). The van der Waals surface area contributed by atoms with Crippen molar-refractivity contribution in [1.82, 2.24) is 5.32 Å². The van der Waals surface area contributed by atoms with Crippen molar-refractivity contribution in [3.8, 4) is 11.5 Å². The van der Waals surface area contributed by atoms with Crippen molar-refractivity contribution in [2.75, 3.05) is 13.7 Å². The van der Waals surface area contributed by atoms with Gasteiger partial charge in [0, 0.05) is 18.7 Å². The van der Waals surface area contributed by atoms with Crippen molar-refractivity contribution >= 4 is 0 Å². The highest BCUT2D eigenvalue weighted by atomic mass is 16.5. The summed E-state index contributed by atoms with van der Waals surface area (Å²) in [7, 11) is 1.64. The second-order valence-corrected chi connectivity index (χ2v) is 4.55. The second-order valence-electron chi connectivity index (χ2n) is 4.55. The lowest BCUT2D eigenvalue weighted by Gasteiger charge is -2.14. The Hall–Kier alpha value is -2.04. The number of rotatable bonds is 6. The van der Waals surface area contributed by atoms with Gasteiger partial charge in [0.15, 0.2) is 0 Å². The summed E-state index contributed by atoms with van der Waals surface area (Å²) in [5.41, 5.74) is 1.73. The second kappa shape index (κ2) is 6.93. The molecule has 0 unspecified atom stereocenters. The largest absolute Gasteiger partial charge is 0.508 e. The van der Waals surface area contributed by atoms with Gasteiger partial charge in [-0.25, -0.2) is 0 Å². The number of phenolic OH excluding ortho intramolecular Hbond substituents is 1. The number of nitrogens with one attached hydrogen (secondary N) is 1. The zero-order valence-electron chi connectivity index (χ0n) is 11.4. The lowest BCUT2D eigenvalue weighted by Crippen LogP contribution is -2.21. The Morgan fingerprint density at radius 3 is 2.70 bits per heavy atom. The Morgan fingerprint density at radius 2 is 1.95 bits per heavy atom. The van der Waals surface area contributed by atoms with Crippen molar-refractivity contribution in [3.05, 3.63) is 59.7 Å². The van der Waals surface area contributed by atoms with Crippen molar-refractivity contribution in [1.29, 1.82) is 0 Å². The number of aromatic hydroxyl groups is 1. The number of ether oxygens (including phenoxy) is 1. The standard InChI is InChI=1S/C16H19NO3/c1-20-16-8-3-2-5-13(16)10-17-11-15(19)12-6-4-7-14(18)9-12/h2-9,15,17-19H,10-11H2,1H3/t15-/m0/s1. The summed E-state index contributed by atoms with van der Waals surface area (Å²) in [6.07, 6.45) is -0.656. The normalized spacial score (nSPS) is 12.1. The first-order chi connectivity index (χ1) is 9.70. The fourth-order valence-electron chi connectivity index (χ4n) is 2.04. The van der Waals surface area contributed by atoms with E-state index in [-0.39, 0.29) is 5.75 Å². The van der Waals surface area contributed by atoms with Gasteiger partial charge in [0.2, 0.25) is 0 Å². The van der Waals surface area contributed by atoms with Gasteiger partial charge in [0.05, 0.1) is 13.2 Å². The third-order valence-electron chi connectivity index (χ3n) is 3.10. The Kier molecular flexibility index (Phi) is 4.98. The number of phenols is 1. The van der Waals surface area contributed by atoms with Crippen LogP contribution in [0.25, 0.3) is 0 Å². The molecular formula is C16H19NO3. The first-order valence-corrected chi connectivity index (χ1v) is 6.50. The van der Waals surface area contributed by atoms with E-state index < -0.39 is 6.10 Å². The minimum absolute atomic E-state index is 0.159. The maximum Gasteiger partial charge on any atom is 0.123 e. The van der Waals surface area contributed by atoms with Gasteiger partial charge in [0.25, 0.3) is 0 Å². The van der Waals surface area contributed by atoms with Gasteiger partial charge >= 0.3 is 0 Å². The van der Waals surface area contributed by atoms with Crippen LogP contribution in [0.3, 0.4) is 0 Å². The van der Waals surface area contributed by atoms with Crippen LogP contribution >= 0.6 is 0 Å². The van der Waals surface area contributed by atoms with Crippen molar-refractivity contribution in [2.45, 2.75) is 12.6 Å². The number of aliphatic hydroxyl groups is 1. The summed E-state index contributed by atoms with van der Waals surface area (Å²) in [5.74, 6) is 0.984. The molecule has 2 aromatic carbocycles. The average Bonchev–Trinajstić information content (AvgIpc) is 2.47. The molecule has 0 amide bonds. The van der Waals surface area contributed by atoms with E-state index in [2.05, 4.69) is 5.32 Å². The molecule has 0 aliphatic heterocycles. The minimum atomic E-state index is -0.656. The molecule has 0 aliphatic carbocycles. The number of methoxy groups -OCH3 is 1. The quantitative estimate of drug-likeness (QED) is 0.755. The third-order valence-corrected chi connectivity index (χ3v) is 3.10. The molecule has 1 atom stereocenters. The van der Waals surface area contributed by atoms with Gasteiger partial charge < -0.3 is 20.3 Å². The van der Waals surface area contributed by atoms with Gasteiger partial charge in [-0.1, -0.05) is 30.3 Å². The molecule has 0 aliphatic rings. The topological polar surface area (TPSA) is 61.7 Å². The van der Waals surface area contributed by atoms with Crippen LogP contribution in [0, 0.1) is 0 Å². The summed E-state index contributed by atoms with van der Waals surface area (Å²) >= 11 is 0. The van der Waals surface area contributed by atoms with E-state index in [1.165, 1.54) is 0 Å². The molecule has 0 saturated heterocycles. The van der Waals surface area contributed by atoms with Crippen molar-refractivity contribution in [3.63, 3.8) is 0 Å². The molecule has 0 radical (unpaired) electrons. The number of para-hydroxylation sites is 1. The molecule has 2 aromatic rings. The summed E-state index contributed by atoms with van der Waals surface area (Å²) in [6.45, 7) is 1.02. The molecule has 4 heteroatoms. The zero-order chi connectivity index (χ0) is 14.4. The first kappa shape index (κ1) is 14.4. The Labute approximate surface area is 118 Å². The Bertz CT molecular complexity index is 557. The van der Waals surface area contributed by atoms with E-state index in [4.69, 9.17) is 4.74 Å². The molecule has 0 fully saturated rings. The number of benzene rings is 2. The van der Waals surface area contributed by atoms with E-state index >= 15 is 0 Å². The molecule has 0 heterocycles. The zero-order valence-corrected chi connectivity index (χ0v) is 11.4. The van der Waals surface area contributed by atoms with Crippen molar-refractivity contribution in [2.24, 2.45) is 0 Å². The third kappa shape index (κ3) is 3.73. The van der Waals surface area contributed by atoms with Crippen LogP contribution in [0.4, 0.5) is 0 Å². The summed E-state index contributed by atoms with van der Waals surface area (Å²) < 4.78 is 5.27. The number of aliphatic hydroxyl groups excluding tert-OH is 1. The molecule has 20 heavy (non-hydrogen) atoms. The van der Waals surface area contributed by atoms with Gasteiger partial charge in [-0.2, -0.15) is 0 Å². The molecule has 0 bridgehead atoms. The maximum absolute atomic E-state index is 10.0. The van der Waals surface area contributed by atoms with Crippen LogP contribution in [0.2, 0.25) is 0 Å². The average molecular weight is 273 g/mol. The monoisotopic (exact) mass is 273 g/mol. The maximum atomic E-state index is 10.0. The van der Waals surface area contributed by atoms with Crippen LogP contribution in [0.15, 0.2) is 48.5 Å². The predicted octanol–water partition coefficient (Wildman–Crippen LogP) is 2.22. The van der Waals surface area contributed by atoms with Crippen molar-refractivity contribution < 1.29 is 14.9 Å². The summed E-state index contributed by atoms with van der Waals surface area (Å²) in [6, 6.07) is 14.4. The van der Waals surface area contributed by atoms with Gasteiger partial charge in [-0.05, 0) is 23.8 Å². The molecule has 106 valence electrons. The molecule has 0 aromatic heterocycles. The molecule has 3 N–H and O–H groups in total. The molecule has 4 nitrogen and oxygen atoms in total. The summed E-state index contributed by atoms with van der Waals surface area (Å²) in [4.78, 5) is 0. The smallest absolute Gasteiger partial charge is 0.123 e. The van der Waals surface area contributed by atoms with Crippen LogP contribution in [-0.2, 0) is 6.54 Å². The number of hydrogen-bond donors (Lipinski definition) is 3. The van der Waals surface area contributed by atoms with Crippen LogP contribution in [-0.4, -0.2) is 23.9 Å². The highest BCUT2D eigenvalue weighted by molar-refractivity contribution is 5.33. The molecular weight excluding hydrogens is 254 g/mol. The highest BCUT2D eigenvalue weighted by Gasteiger charge is 2.08. The van der Waals surface area contributed by atoms with Crippen LogP contribution < -0.4 is 10.1 Å². The predicted molar refractivity (Wildman–Crippen MR) is 77.8 cm³/mol. The van der Waals surface area contributed by atoms with E-state index in [9.17, 15) is 10.2 Å². The van der Waals surface area contributed by atoms with Gasteiger partial charge in [0.1, 0.15) is 11.5 Å². The lowest BCUT2D eigenvalue weighted by atomic mass is 10.1. The minimum Gasteiger partial charge on any atom is -0.508 e. The fourth-order valence-corrected chi connectivity index (χ4v) is 2.04.